The Kier molecular flexibility index (Phi) is 2.49. The van der Waals surface area contributed by atoms with Gasteiger partial charge in [0.05, 0.1) is 0 Å². The number of hydrogen-bond acceptors (Lipinski definition) is 1. The van der Waals surface area contributed by atoms with E-state index in [-0.39, 0.29) is 12.4 Å². The molecule has 1 aromatic heterocycles. The third kappa shape index (κ3) is 1.53. The molecule has 11 heavy (non-hydrogen) atoms. The third-order valence-corrected chi connectivity index (χ3v) is 2.45. The van der Waals surface area contributed by atoms with Crippen LogP contribution in [-0.2, 0) is 0 Å². The number of thiophene rings is 1. The average Bonchev–Trinajstić information content (AvgIpc) is 2.27. The van der Waals surface area contributed by atoms with E-state index in [0.717, 1.165) is 5.00 Å². The van der Waals surface area contributed by atoms with Gasteiger partial charge < -0.3 is 18.1 Å². The number of fused-ring (bicyclic) bond motifs is 1. The summed E-state index contributed by atoms with van der Waals surface area (Å²) in [5.74, 6) is 0. The van der Waals surface area contributed by atoms with Gasteiger partial charge in [0.2, 0.25) is 0 Å². The maximum Gasteiger partial charge on any atom is 0.184 e. The summed E-state index contributed by atoms with van der Waals surface area (Å²) < 4.78 is 1.33. The summed E-state index contributed by atoms with van der Waals surface area (Å²) in [6.45, 7) is 0. The van der Waals surface area contributed by atoms with E-state index in [1.807, 2.05) is 0 Å². The molecule has 0 saturated heterocycles. The Labute approximate surface area is 75.2 Å². The van der Waals surface area contributed by atoms with Crippen molar-refractivity contribution in [2.45, 2.75) is 0 Å². The summed E-state index contributed by atoms with van der Waals surface area (Å²) in [6, 6.07) is 10.4. The van der Waals surface area contributed by atoms with Gasteiger partial charge in [-0.15, -0.1) is 0 Å². The summed E-state index contributed by atoms with van der Waals surface area (Å²) in [6.07, 6.45) is 0. The van der Waals surface area contributed by atoms with Gasteiger partial charge >= 0.3 is 0 Å². The Bertz CT molecular complexity index is 323. The molecule has 0 unspecified atom stereocenters. The van der Waals surface area contributed by atoms with E-state index >= 15 is 0 Å². The second-order valence-electron chi connectivity index (χ2n) is 2.25. The first-order valence-electron chi connectivity index (χ1n) is 3.17. The summed E-state index contributed by atoms with van der Waals surface area (Å²) in [5.41, 5.74) is 3.88. The summed E-state index contributed by atoms with van der Waals surface area (Å²) in [7, 11) is 0. The molecule has 0 radical (unpaired) electrons. The molecule has 3 heteroatoms. The topological polar surface area (TPSA) is 27.6 Å². The largest absolute Gasteiger partial charge is 1.00 e. The van der Waals surface area contributed by atoms with Crippen LogP contribution in [0.5, 0.6) is 0 Å². The van der Waals surface area contributed by atoms with Crippen LogP contribution in [0, 0.1) is 0 Å². The van der Waals surface area contributed by atoms with Gasteiger partial charge in [0, 0.05) is 10.8 Å². The van der Waals surface area contributed by atoms with E-state index in [0.29, 0.717) is 0 Å². The van der Waals surface area contributed by atoms with Crippen molar-refractivity contribution in [2.75, 3.05) is 0 Å². The van der Waals surface area contributed by atoms with Crippen molar-refractivity contribution < 1.29 is 18.1 Å². The van der Waals surface area contributed by atoms with Crippen molar-refractivity contribution in [1.82, 2.24) is 0 Å². The van der Waals surface area contributed by atoms with Gasteiger partial charge in [0.15, 0.2) is 5.00 Å². The van der Waals surface area contributed by atoms with E-state index in [4.69, 9.17) is 0 Å². The molecule has 2 aromatic rings. The molecule has 0 aliphatic rings. The highest BCUT2D eigenvalue weighted by Gasteiger charge is 1.97. The minimum absolute atomic E-state index is 0. The van der Waals surface area contributed by atoms with Crippen LogP contribution in [0.3, 0.4) is 0 Å². The molecule has 0 amide bonds. The van der Waals surface area contributed by atoms with Crippen LogP contribution in [0.15, 0.2) is 30.3 Å². The molecule has 0 spiro atoms. The van der Waals surface area contributed by atoms with E-state index in [9.17, 15) is 0 Å². The Morgan fingerprint density at radius 2 is 1.91 bits per heavy atom. The second-order valence-corrected chi connectivity index (χ2v) is 3.42. The van der Waals surface area contributed by atoms with Gasteiger partial charge in [-0.3, -0.25) is 0 Å². The summed E-state index contributed by atoms with van der Waals surface area (Å²) >= 11 is 1.74. The van der Waals surface area contributed by atoms with Gasteiger partial charge in [-0.2, -0.15) is 0 Å². The van der Waals surface area contributed by atoms with Crippen molar-refractivity contribution in [3.8, 4) is 0 Å². The van der Waals surface area contributed by atoms with Crippen molar-refractivity contribution >= 4 is 26.4 Å². The fourth-order valence-electron chi connectivity index (χ4n) is 1.04. The highest BCUT2D eigenvalue weighted by atomic mass is 35.5. The number of benzene rings is 1. The maximum absolute atomic E-state index is 3.88. The average molecular weight is 186 g/mol. The Morgan fingerprint density at radius 1 is 1.18 bits per heavy atom. The van der Waals surface area contributed by atoms with Crippen LogP contribution in [0.25, 0.3) is 10.1 Å². The molecule has 1 heterocycles. The first kappa shape index (κ1) is 8.53. The molecule has 1 nitrogen and oxygen atoms in total. The molecule has 0 atom stereocenters. The molecule has 58 valence electrons. The van der Waals surface area contributed by atoms with Crippen LogP contribution >= 0.6 is 11.3 Å². The number of quaternary nitrogens is 1. The minimum atomic E-state index is 0. The predicted octanol–water partition coefficient (Wildman–Crippen LogP) is -1.22. The molecule has 0 bridgehead atoms. The highest BCUT2D eigenvalue weighted by Crippen LogP contribution is 2.25. The molecule has 3 N–H and O–H groups in total. The lowest BCUT2D eigenvalue weighted by Crippen LogP contribution is -3.00. The van der Waals surface area contributed by atoms with Crippen LogP contribution in [-0.4, -0.2) is 0 Å². The van der Waals surface area contributed by atoms with Crippen LogP contribution in [0.1, 0.15) is 0 Å². The maximum atomic E-state index is 3.88. The zero-order valence-corrected chi connectivity index (χ0v) is 7.45. The van der Waals surface area contributed by atoms with Gasteiger partial charge in [0.1, 0.15) is 0 Å². The van der Waals surface area contributed by atoms with Gasteiger partial charge in [-0.05, 0) is 11.5 Å². The fraction of sp³-hybridized carbons (Fsp3) is 0. The summed E-state index contributed by atoms with van der Waals surface area (Å²) in [5, 5.41) is 2.44. The molecule has 2 rings (SSSR count). The van der Waals surface area contributed by atoms with Gasteiger partial charge in [0.25, 0.3) is 0 Å². The van der Waals surface area contributed by atoms with Crippen LogP contribution < -0.4 is 18.1 Å². The first-order chi connectivity index (χ1) is 4.86. The molecule has 0 fully saturated rings. The highest BCUT2D eigenvalue weighted by molar-refractivity contribution is 7.21. The lowest BCUT2D eigenvalue weighted by molar-refractivity contribution is -0.248. The SMILES string of the molecule is [Cl-].[NH3+]c1cc2ccccc2s1. The van der Waals surface area contributed by atoms with Crippen LogP contribution in [0.4, 0.5) is 5.00 Å². The number of hydrogen-bond donors (Lipinski definition) is 1. The fourth-order valence-corrected chi connectivity index (χ4v) is 1.90. The Balaban J connectivity index is 0.000000605. The van der Waals surface area contributed by atoms with Crippen molar-refractivity contribution in [3.05, 3.63) is 30.3 Å². The smallest absolute Gasteiger partial charge is 0.184 e. The van der Waals surface area contributed by atoms with Gasteiger partial charge in [-0.25, -0.2) is 0 Å². The number of rotatable bonds is 0. The van der Waals surface area contributed by atoms with Crippen molar-refractivity contribution in [1.29, 1.82) is 0 Å². The molecular weight excluding hydrogens is 178 g/mol. The predicted molar refractivity (Wildman–Crippen MR) is 44.4 cm³/mol. The molecule has 0 aliphatic carbocycles. The minimum Gasteiger partial charge on any atom is -1.00 e. The van der Waals surface area contributed by atoms with E-state index in [1.165, 1.54) is 10.1 Å². The van der Waals surface area contributed by atoms with E-state index in [1.54, 1.807) is 11.3 Å². The normalized spacial score (nSPS) is 9.55. The first-order valence-corrected chi connectivity index (χ1v) is 3.98. The monoisotopic (exact) mass is 185 g/mol. The van der Waals surface area contributed by atoms with Crippen molar-refractivity contribution in [2.24, 2.45) is 0 Å². The Morgan fingerprint density at radius 3 is 2.64 bits per heavy atom. The third-order valence-electron chi connectivity index (χ3n) is 1.48. The second kappa shape index (κ2) is 3.22. The van der Waals surface area contributed by atoms with Gasteiger partial charge in [-0.1, -0.05) is 29.5 Å². The molecule has 0 aliphatic heterocycles. The molecule has 1 aromatic carbocycles. The zero-order chi connectivity index (χ0) is 6.97. The van der Waals surface area contributed by atoms with Crippen LogP contribution in [0.2, 0.25) is 0 Å². The molecular formula is C8H8ClNS. The standard InChI is InChI=1S/C8H7NS.ClH/c9-8-5-6-3-1-2-4-7(6)10-8;/h1-5H,9H2;1H. The lowest BCUT2D eigenvalue weighted by Gasteiger charge is -1.81. The van der Waals surface area contributed by atoms with E-state index in [2.05, 4.69) is 36.1 Å². The Hall–Kier alpha value is -0.570. The number of halogens is 1. The molecule has 0 saturated carbocycles. The van der Waals surface area contributed by atoms with E-state index < -0.39 is 0 Å². The van der Waals surface area contributed by atoms with Crippen molar-refractivity contribution in [3.63, 3.8) is 0 Å². The quantitative estimate of drug-likeness (QED) is 0.533. The lowest BCUT2D eigenvalue weighted by atomic mass is 10.3. The zero-order valence-electron chi connectivity index (χ0n) is 5.88. The summed E-state index contributed by atoms with van der Waals surface area (Å²) in [4.78, 5) is 0.